The molecule has 10 heteroatoms. The van der Waals surface area contributed by atoms with Gasteiger partial charge in [-0.1, -0.05) is 24.8 Å². The van der Waals surface area contributed by atoms with Gasteiger partial charge in [-0.05, 0) is 44.6 Å². The van der Waals surface area contributed by atoms with Crippen LogP contribution in [-0.2, 0) is 24.4 Å². The van der Waals surface area contributed by atoms with Crippen LogP contribution in [0.15, 0.2) is 55.4 Å². The maximum Gasteiger partial charge on any atom is 0.247 e. The van der Waals surface area contributed by atoms with Crippen LogP contribution in [0.1, 0.15) is 17.5 Å². The number of likely N-dealkylation sites (N-methyl/N-ethyl adjacent to an activating group) is 2. The monoisotopic (exact) mass is 555 g/mol. The van der Waals surface area contributed by atoms with Gasteiger partial charge >= 0.3 is 0 Å². The number of nitrogens with one attached hydrogen (secondary N) is 2. The number of benzene rings is 2. The molecule has 0 atom stereocenters. The number of carbonyl (C=O) groups is 1. The SMILES string of the molecule is C=CC(=O)Nc1cc(Nc2ncc(CO)c(-c3cn4c5c(cccc35)CCC4)n2)c(OC)cc1N(C)CCN(C)C. The molecule has 214 valence electrons. The first-order valence-electron chi connectivity index (χ1n) is 13.7. The van der Waals surface area contributed by atoms with Gasteiger partial charge in [0.2, 0.25) is 11.9 Å². The normalized spacial score (nSPS) is 12.4. The van der Waals surface area contributed by atoms with Crippen LogP contribution in [0.2, 0.25) is 0 Å². The van der Waals surface area contributed by atoms with Crippen LogP contribution in [0, 0.1) is 0 Å². The molecule has 41 heavy (non-hydrogen) atoms. The Hall–Kier alpha value is -4.41. The highest BCUT2D eigenvalue weighted by Gasteiger charge is 2.21. The molecule has 10 nitrogen and oxygen atoms in total. The number of rotatable bonds is 11. The van der Waals surface area contributed by atoms with Gasteiger partial charge in [-0.2, -0.15) is 0 Å². The molecular weight excluding hydrogens is 518 g/mol. The Labute approximate surface area is 240 Å². The molecule has 0 aliphatic carbocycles. The molecule has 0 bridgehead atoms. The number of hydrogen-bond donors (Lipinski definition) is 3. The second-order valence-corrected chi connectivity index (χ2v) is 10.5. The smallest absolute Gasteiger partial charge is 0.247 e. The number of aliphatic hydroxyl groups excluding tert-OH is 1. The van der Waals surface area contributed by atoms with Crippen LogP contribution >= 0.6 is 0 Å². The van der Waals surface area contributed by atoms with Crippen molar-refractivity contribution < 1.29 is 14.6 Å². The molecule has 0 saturated heterocycles. The number of hydrogen-bond acceptors (Lipinski definition) is 8. The number of anilines is 4. The quantitative estimate of drug-likeness (QED) is 0.234. The highest BCUT2D eigenvalue weighted by Crippen LogP contribution is 2.39. The van der Waals surface area contributed by atoms with Crippen molar-refractivity contribution in [3.05, 3.63) is 66.5 Å². The fraction of sp³-hybridized carbons (Fsp3) is 0.323. The fourth-order valence-corrected chi connectivity index (χ4v) is 5.29. The van der Waals surface area contributed by atoms with E-state index in [2.05, 4.69) is 61.0 Å². The van der Waals surface area contributed by atoms with Gasteiger partial charge < -0.3 is 34.8 Å². The first kappa shape index (κ1) is 28.1. The van der Waals surface area contributed by atoms with Crippen molar-refractivity contribution in [1.29, 1.82) is 0 Å². The van der Waals surface area contributed by atoms with E-state index in [1.165, 1.54) is 17.2 Å². The maximum atomic E-state index is 12.3. The van der Waals surface area contributed by atoms with Gasteiger partial charge in [-0.15, -0.1) is 0 Å². The summed E-state index contributed by atoms with van der Waals surface area (Å²) in [5.41, 5.74) is 6.81. The van der Waals surface area contributed by atoms with Gasteiger partial charge in [0.15, 0.2) is 0 Å². The van der Waals surface area contributed by atoms with Gasteiger partial charge in [0.1, 0.15) is 5.75 Å². The number of aliphatic hydroxyl groups is 1. The lowest BCUT2D eigenvalue weighted by molar-refractivity contribution is -0.111. The predicted octanol–water partition coefficient (Wildman–Crippen LogP) is 4.41. The molecular formula is C31H37N7O3. The fourth-order valence-electron chi connectivity index (χ4n) is 5.29. The van der Waals surface area contributed by atoms with Gasteiger partial charge in [0.05, 0.1) is 42.0 Å². The second-order valence-electron chi connectivity index (χ2n) is 10.5. The van der Waals surface area contributed by atoms with Gasteiger partial charge in [-0.25, -0.2) is 9.97 Å². The largest absolute Gasteiger partial charge is 0.494 e. The van der Waals surface area contributed by atoms with Crippen molar-refractivity contribution in [2.24, 2.45) is 0 Å². The molecule has 4 aromatic rings. The molecule has 2 aromatic carbocycles. The van der Waals surface area contributed by atoms with Crippen molar-refractivity contribution in [3.63, 3.8) is 0 Å². The molecule has 0 fully saturated rings. The van der Waals surface area contributed by atoms with Crippen LogP contribution in [0.25, 0.3) is 22.2 Å². The Morgan fingerprint density at radius 1 is 1.22 bits per heavy atom. The van der Waals surface area contributed by atoms with Crippen LogP contribution in [0.3, 0.4) is 0 Å². The minimum Gasteiger partial charge on any atom is -0.494 e. The summed E-state index contributed by atoms with van der Waals surface area (Å²) in [5, 5.41) is 17.5. The van der Waals surface area contributed by atoms with E-state index in [4.69, 9.17) is 9.72 Å². The van der Waals surface area contributed by atoms with E-state index in [-0.39, 0.29) is 12.5 Å². The van der Waals surface area contributed by atoms with Crippen LogP contribution in [0.4, 0.5) is 23.0 Å². The minimum absolute atomic E-state index is 0.184. The van der Waals surface area contributed by atoms with Crippen LogP contribution in [-0.4, -0.2) is 71.8 Å². The summed E-state index contributed by atoms with van der Waals surface area (Å²) < 4.78 is 8.03. The van der Waals surface area contributed by atoms with Crippen molar-refractivity contribution in [2.45, 2.75) is 26.0 Å². The van der Waals surface area contributed by atoms with E-state index < -0.39 is 0 Å². The number of ether oxygens (including phenoxy) is 1. The summed E-state index contributed by atoms with van der Waals surface area (Å²) in [7, 11) is 7.60. The number of nitrogens with zero attached hydrogens (tertiary/aromatic N) is 5. The van der Waals surface area contributed by atoms with E-state index >= 15 is 0 Å². The second kappa shape index (κ2) is 12.0. The van der Waals surface area contributed by atoms with Crippen molar-refractivity contribution in [1.82, 2.24) is 19.4 Å². The third-order valence-corrected chi connectivity index (χ3v) is 7.42. The summed E-state index contributed by atoms with van der Waals surface area (Å²) in [6.45, 7) is 5.93. The Kier molecular flexibility index (Phi) is 8.23. The zero-order valence-corrected chi connectivity index (χ0v) is 24.1. The standard InChI is InChI=1S/C31H37N7O3/c1-6-28(40)33-24-15-25(27(41-5)16-26(24)37(4)14-13-36(2)3)34-31-32-17-21(19-39)29(35-31)23-18-38-12-8-10-20-9-7-11-22(23)30(20)38/h6-7,9,11,15-18,39H,1,8,10,12-14,19H2,2-5H3,(H,33,40)(H,32,34,35). The summed E-state index contributed by atoms with van der Waals surface area (Å²) in [6, 6.07) is 10.1. The van der Waals surface area contributed by atoms with Crippen LogP contribution < -0.4 is 20.3 Å². The summed E-state index contributed by atoms with van der Waals surface area (Å²) in [5.74, 6) is 0.594. The number of methoxy groups -OCH3 is 1. The molecule has 0 saturated carbocycles. The van der Waals surface area contributed by atoms with Crippen molar-refractivity contribution in [2.75, 3.05) is 56.9 Å². The van der Waals surface area contributed by atoms with E-state index in [1.807, 2.05) is 33.3 Å². The number of para-hydroxylation sites is 1. The molecule has 3 N–H and O–H groups in total. The molecule has 0 unspecified atom stereocenters. The molecule has 0 spiro atoms. The average molecular weight is 556 g/mol. The molecule has 2 aromatic heterocycles. The first-order valence-corrected chi connectivity index (χ1v) is 13.7. The number of carbonyl (C=O) groups excluding carboxylic acids is 1. The van der Waals surface area contributed by atoms with Crippen LogP contribution in [0.5, 0.6) is 5.75 Å². The third-order valence-electron chi connectivity index (χ3n) is 7.42. The van der Waals surface area contributed by atoms with Gasteiger partial charge in [0, 0.05) is 61.7 Å². The maximum absolute atomic E-state index is 12.3. The molecule has 5 rings (SSSR count). The Morgan fingerprint density at radius 3 is 2.78 bits per heavy atom. The molecule has 0 radical (unpaired) electrons. The Bertz CT molecular complexity index is 1590. The summed E-state index contributed by atoms with van der Waals surface area (Å²) in [4.78, 5) is 25.8. The van der Waals surface area contributed by atoms with Gasteiger partial charge in [-0.3, -0.25) is 4.79 Å². The lowest BCUT2D eigenvalue weighted by atomic mass is 10.0. The lowest BCUT2D eigenvalue weighted by Crippen LogP contribution is -2.29. The van der Waals surface area contributed by atoms with E-state index in [0.29, 0.717) is 34.3 Å². The zero-order valence-electron chi connectivity index (χ0n) is 24.1. The third kappa shape index (κ3) is 5.75. The Balaban J connectivity index is 1.55. The predicted molar refractivity (Wildman–Crippen MR) is 164 cm³/mol. The van der Waals surface area contributed by atoms with E-state index in [1.54, 1.807) is 13.3 Å². The minimum atomic E-state index is -0.317. The van der Waals surface area contributed by atoms with Crippen molar-refractivity contribution >= 4 is 39.8 Å². The van der Waals surface area contributed by atoms with Crippen molar-refractivity contribution in [3.8, 4) is 17.0 Å². The van der Waals surface area contributed by atoms with E-state index in [9.17, 15) is 9.90 Å². The molecule has 1 aliphatic rings. The molecule has 3 heterocycles. The molecule has 1 amide bonds. The first-order chi connectivity index (χ1) is 19.8. The summed E-state index contributed by atoms with van der Waals surface area (Å²) >= 11 is 0. The average Bonchev–Trinajstić information content (AvgIpc) is 3.36. The van der Waals surface area contributed by atoms with Gasteiger partial charge in [0.25, 0.3) is 0 Å². The topological polar surface area (TPSA) is 108 Å². The summed E-state index contributed by atoms with van der Waals surface area (Å²) in [6.07, 6.45) is 7.15. The zero-order chi connectivity index (χ0) is 29.1. The highest BCUT2D eigenvalue weighted by molar-refractivity contribution is 6.02. The number of aromatic nitrogens is 3. The lowest BCUT2D eigenvalue weighted by Gasteiger charge is -2.26. The number of amides is 1. The van der Waals surface area contributed by atoms with E-state index in [0.717, 1.165) is 49.1 Å². The highest BCUT2D eigenvalue weighted by atomic mass is 16.5. The number of aryl methyl sites for hydroxylation is 2. The molecule has 1 aliphatic heterocycles. The Morgan fingerprint density at radius 2 is 2.05 bits per heavy atom.